The molecule has 1 N–H and O–H groups in total. The average Bonchev–Trinajstić information content (AvgIpc) is 2.69. The Labute approximate surface area is 114 Å². The van der Waals surface area contributed by atoms with E-state index >= 15 is 0 Å². The average molecular weight is 270 g/mol. The molecular formula is C16H11FO3. The Hall–Kier alpha value is -2.62. The third kappa shape index (κ3) is 2.05. The number of hydrogen-bond donors (Lipinski definition) is 1. The minimum atomic E-state index is -0.338. The van der Waals surface area contributed by atoms with Crippen molar-refractivity contribution in [2.24, 2.45) is 0 Å². The van der Waals surface area contributed by atoms with Gasteiger partial charge in [-0.05, 0) is 42.3 Å². The van der Waals surface area contributed by atoms with Crippen molar-refractivity contribution in [3.05, 3.63) is 64.7 Å². The fourth-order valence-corrected chi connectivity index (χ4v) is 2.20. The first-order valence-electron chi connectivity index (χ1n) is 6.08. The molecule has 0 spiro atoms. The molecule has 0 radical (unpaired) electrons. The van der Waals surface area contributed by atoms with E-state index in [1.165, 1.54) is 24.3 Å². The van der Waals surface area contributed by atoms with E-state index in [1.54, 1.807) is 25.1 Å². The maximum absolute atomic E-state index is 12.8. The fraction of sp³-hybridized carbons (Fsp3) is 0.0625. The molecule has 0 unspecified atom stereocenters. The molecule has 0 bridgehead atoms. The third-order valence-corrected chi connectivity index (χ3v) is 3.12. The first kappa shape index (κ1) is 12.4. The molecule has 4 heteroatoms. The zero-order chi connectivity index (χ0) is 14.3. The minimum Gasteiger partial charge on any atom is -0.508 e. The van der Waals surface area contributed by atoms with Crippen molar-refractivity contribution in [2.75, 3.05) is 0 Å². The van der Waals surface area contributed by atoms with Crippen LogP contribution in [0.1, 0.15) is 21.5 Å². The molecule has 100 valence electrons. The molecule has 1 aliphatic rings. The molecule has 3 rings (SSSR count). The summed E-state index contributed by atoms with van der Waals surface area (Å²) in [6.45, 7) is 1.74. The Morgan fingerprint density at radius 2 is 1.90 bits per heavy atom. The van der Waals surface area contributed by atoms with E-state index in [0.717, 1.165) is 0 Å². The Bertz CT molecular complexity index is 730. The second-order valence-corrected chi connectivity index (χ2v) is 4.63. The van der Waals surface area contributed by atoms with Crippen LogP contribution in [0.4, 0.5) is 4.39 Å². The number of aryl methyl sites for hydroxylation is 1. The summed E-state index contributed by atoms with van der Waals surface area (Å²) >= 11 is 0. The van der Waals surface area contributed by atoms with E-state index in [2.05, 4.69) is 0 Å². The largest absolute Gasteiger partial charge is 0.508 e. The van der Waals surface area contributed by atoms with Crippen LogP contribution >= 0.6 is 0 Å². The fourth-order valence-electron chi connectivity index (χ4n) is 2.20. The smallest absolute Gasteiger partial charge is 0.232 e. The molecule has 20 heavy (non-hydrogen) atoms. The minimum absolute atomic E-state index is 0.0529. The van der Waals surface area contributed by atoms with Gasteiger partial charge in [0.15, 0.2) is 5.76 Å². The number of halogens is 1. The van der Waals surface area contributed by atoms with Crippen molar-refractivity contribution in [1.82, 2.24) is 0 Å². The van der Waals surface area contributed by atoms with Crippen LogP contribution in [0.3, 0.4) is 0 Å². The number of rotatable bonds is 1. The number of hydrogen-bond acceptors (Lipinski definition) is 3. The van der Waals surface area contributed by atoms with Gasteiger partial charge in [0.2, 0.25) is 5.78 Å². The summed E-state index contributed by atoms with van der Waals surface area (Å²) < 4.78 is 18.3. The maximum Gasteiger partial charge on any atom is 0.232 e. The lowest BCUT2D eigenvalue weighted by atomic mass is 10.0. The number of Topliss-reactive ketones (excluding diaryl/α,β-unsaturated/α-hetero) is 1. The predicted molar refractivity (Wildman–Crippen MR) is 72.2 cm³/mol. The lowest BCUT2D eigenvalue weighted by molar-refractivity contribution is 0.101. The van der Waals surface area contributed by atoms with Gasteiger partial charge in [-0.1, -0.05) is 12.1 Å². The van der Waals surface area contributed by atoms with Crippen LogP contribution < -0.4 is 4.74 Å². The summed E-state index contributed by atoms with van der Waals surface area (Å²) in [7, 11) is 0. The Kier molecular flexibility index (Phi) is 2.79. The summed E-state index contributed by atoms with van der Waals surface area (Å²) in [5, 5.41) is 9.52. The van der Waals surface area contributed by atoms with Gasteiger partial charge in [0.1, 0.15) is 17.3 Å². The zero-order valence-electron chi connectivity index (χ0n) is 10.7. The van der Waals surface area contributed by atoms with Crippen molar-refractivity contribution in [1.29, 1.82) is 0 Å². The van der Waals surface area contributed by atoms with Crippen LogP contribution in [0.5, 0.6) is 11.5 Å². The van der Waals surface area contributed by atoms with E-state index in [1.807, 2.05) is 0 Å². The monoisotopic (exact) mass is 270 g/mol. The number of benzene rings is 2. The number of phenols is 1. The van der Waals surface area contributed by atoms with Crippen LogP contribution in [0.15, 0.2) is 42.2 Å². The quantitative estimate of drug-likeness (QED) is 0.807. The summed E-state index contributed by atoms with van der Waals surface area (Å²) in [6, 6.07) is 8.68. The van der Waals surface area contributed by atoms with Crippen LogP contribution in [-0.2, 0) is 0 Å². The van der Waals surface area contributed by atoms with E-state index < -0.39 is 0 Å². The van der Waals surface area contributed by atoms with Crippen molar-refractivity contribution in [2.45, 2.75) is 6.92 Å². The molecule has 0 amide bonds. The van der Waals surface area contributed by atoms with Crippen LogP contribution in [0.2, 0.25) is 0 Å². The highest BCUT2D eigenvalue weighted by atomic mass is 19.1. The SMILES string of the molecule is Cc1cc(O)cc2c1C(=O)/C(=C/c1ccc(F)cc1)O2. The third-order valence-electron chi connectivity index (χ3n) is 3.12. The predicted octanol–water partition coefficient (Wildman–Crippen LogP) is 3.46. The van der Waals surface area contributed by atoms with Crippen LogP contribution in [0, 0.1) is 12.7 Å². The molecule has 2 aromatic rings. The maximum atomic E-state index is 12.8. The molecule has 0 atom stereocenters. The van der Waals surface area contributed by atoms with E-state index in [-0.39, 0.29) is 23.1 Å². The van der Waals surface area contributed by atoms with Gasteiger partial charge in [0.05, 0.1) is 5.56 Å². The van der Waals surface area contributed by atoms with Gasteiger partial charge >= 0.3 is 0 Å². The second kappa shape index (κ2) is 4.49. The molecule has 1 aliphatic heterocycles. The van der Waals surface area contributed by atoms with Crippen LogP contribution in [0.25, 0.3) is 6.08 Å². The normalized spacial score (nSPS) is 15.3. The topological polar surface area (TPSA) is 46.5 Å². The first-order chi connectivity index (χ1) is 9.54. The molecule has 0 saturated carbocycles. The number of aromatic hydroxyl groups is 1. The molecular weight excluding hydrogens is 259 g/mol. The lowest BCUT2D eigenvalue weighted by Gasteiger charge is -2.00. The van der Waals surface area contributed by atoms with E-state index in [9.17, 15) is 14.3 Å². The van der Waals surface area contributed by atoms with Gasteiger partial charge in [-0.15, -0.1) is 0 Å². The van der Waals surface area contributed by atoms with Gasteiger partial charge in [-0.2, -0.15) is 0 Å². The first-order valence-corrected chi connectivity index (χ1v) is 6.08. The van der Waals surface area contributed by atoms with Crippen LogP contribution in [-0.4, -0.2) is 10.9 Å². The number of fused-ring (bicyclic) bond motifs is 1. The highest BCUT2D eigenvalue weighted by Gasteiger charge is 2.29. The molecule has 3 nitrogen and oxygen atoms in total. The lowest BCUT2D eigenvalue weighted by Crippen LogP contribution is -1.99. The number of ether oxygens (including phenoxy) is 1. The van der Waals surface area contributed by atoms with E-state index in [0.29, 0.717) is 22.4 Å². The summed E-state index contributed by atoms with van der Waals surface area (Å²) in [6.07, 6.45) is 1.55. The highest BCUT2D eigenvalue weighted by molar-refractivity contribution is 6.15. The highest BCUT2D eigenvalue weighted by Crippen LogP contribution is 2.37. The second-order valence-electron chi connectivity index (χ2n) is 4.63. The molecule has 0 fully saturated rings. The van der Waals surface area contributed by atoms with Gasteiger partial charge in [-0.3, -0.25) is 4.79 Å². The van der Waals surface area contributed by atoms with Crippen molar-refractivity contribution in [3.8, 4) is 11.5 Å². The Balaban J connectivity index is 2.01. The van der Waals surface area contributed by atoms with Crippen molar-refractivity contribution < 1.29 is 19.0 Å². The van der Waals surface area contributed by atoms with Gasteiger partial charge in [0, 0.05) is 6.07 Å². The molecule has 1 heterocycles. The molecule has 0 aromatic heterocycles. The number of phenolic OH excluding ortho intramolecular Hbond substituents is 1. The van der Waals surface area contributed by atoms with Gasteiger partial charge in [-0.25, -0.2) is 4.39 Å². The summed E-state index contributed by atoms with van der Waals surface area (Å²) in [5.41, 5.74) is 1.79. The molecule has 0 aliphatic carbocycles. The van der Waals surface area contributed by atoms with Crippen molar-refractivity contribution in [3.63, 3.8) is 0 Å². The number of carbonyl (C=O) groups is 1. The van der Waals surface area contributed by atoms with Gasteiger partial charge in [0.25, 0.3) is 0 Å². The van der Waals surface area contributed by atoms with Gasteiger partial charge < -0.3 is 9.84 Å². The number of carbonyl (C=O) groups excluding carboxylic acids is 1. The van der Waals surface area contributed by atoms with E-state index in [4.69, 9.17) is 4.74 Å². The number of allylic oxidation sites excluding steroid dienone is 1. The summed E-state index contributed by atoms with van der Waals surface area (Å²) in [5.74, 6) is -0.00468. The standard InChI is InChI=1S/C16H11FO3/c1-9-6-12(18)8-13-15(9)16(19)14(20-13)7-10-2-4-11(17)5-3-10/h2-8,18H,1H3/b14-7-. The zero-order valence-corrected chi connectivity index (χ0v) is 10.7. The molecule has 2 aromatic carbocycles. The Morgan fingerprint density at radius 1 is 1.20 bits per heavy atom. The molecule has 0 saturated heterocycles. The summed E-state index contributed by atoms with van der Waals surface area (Å²) in [4.78, 5) is 12.3. The van der Waals surface area contributed by atoms with Crippen molar-refractivity contribution >= 4 is 11.9 Å². The Morgan fingerprint density at radius 3 is 2.60 bits per heavy atom. The number of ketones is 1.